The molecule has 9 nitrogen and oxygen atoms in total. The number of aliphatic carboxylic acids is 1. The number of hydrogen-bond acceptors (Lipinski definition) is 5. The highest BCUT2D eigenvalue weighted by atomic mass is 19.4. The third-order valence-corrected chi connectivity index (χ3v) is 3.91. The summed E-state index contributed by atoms with van der Waals surface area (Å²) in [7, 11) is 1.25. The average Bonchev–Trinajstić information content (AvgIpc) is 3.00. The minimum absolute atomic E-state index is 0.00747. The van der Waals surface area contributed by atoms with E-state index in [1.54, 1.807) is 0 Å². The van der Waals surface area contributed by atoms with Gasteiger partial charge in [0.15, 0.2) is 0 Å². The van der Waals surface area contributed by atoms with E-state index in [1.807, 2.05) is 0 Å². The highest BCUT2D eigenvalue weighted by Crippen LogP contribution is 2.37. The van der Waals surface area contributed by atoms with E-state index in [-0.39, 0.29) is 17.1 Å². The third kappa shape index (κ3) is 3.95. The highest BCUT2D eigenvalue weighted by Gasteiger charge is 2.53. The number of nitrogens with zero attached hydrogens (tertiary/aromatic N) is 2. The smallest absolute Gasteiger partial charge is 0.394 e. The summed E-state index contributed by atoms with van der Waals surface area (Å²) in [6, 6.07) is 0.198. The largest absolute Gasteiger partial charge is 0.481 e. The van der Waals surface area contributed by atoms with Crippen LogP contribution in [-0.2, 0) is 4.79 Å². The molecule has 26 heavy (non-hydrogen) atoms. The van der Waals surface area contributed by atoms with Crippen molar-refractivity contribution >= 4 is 23.6 Å². The van der Waals surface area contributed by atoms with Gasteiger partial charge in [0.25, 0.3) is 5.91 Å². The number of nitrogens with one attached hydrogen (secondary N) is 1. The number of carboxylic acids is 1. The molecule has 1 aromatic rings. The Kier molecular flexibility index (Phi) is 5.23. The van der Waals surface area contributed by atoms with Crippen LogP contribution < -0.4 is 15.8 Å². The van der Waals surface area contributed by atoms with Crippen molar-refractivity contribution in [3.05, 3.63) is 17.8 Å². The first-order valence-corrected chi connectivity index (χ1v) is 7.24. The number of halogens is 3. The SMILES string of the molecule is COc1ncc(NC(=O)N2C[C@@H](C(F)(F)F)[C@H](C(=O)O)C2)cc1C(N)=O. The predicted octanol–water partition coefficient (Wildman–Crippen LogP) is 0.916. The maximum absolute atomic E-state index is 13.0. The summed E-state index contributed by atoms with van der Waals surface area (Å²) < 4.78 is 43.7. The highest BCUT2D eigenvalue weighted by molar-refractivity contribution is 5.97. The normalized spacial score (nSPS) is 19.9. The second-order valence-corrected chi connectivity index (χ2v) is 5.57. The van der Waals surface area contributed by atoms with Gasteiger partial charge >= 0.3 is 18.2 Å². The van der Waals surface area contributed by atoms with Gasteiger partial charge < -0.3 is 25.8 Å². The fraction of sp³-hybridized carbons (Fsp3) is 0.429. The number of aromatic nitrogens is 1. The Bertz CT molecular complexity index is 740. The second-order valence-electron chi connectivity index (χ2n) is 5.57. The average molecular weight is 376 g/mol. The standard InChI is InChI=1S/C14H15F3N4O5/c1-26-11-7(10(18)22)2-6(3-19-11)20-13(25)21-4-8(12(23)24)9(5-21)14(15,16)17/h2-3,8-9H,4-5H2,1H3,(H2,18,22)(H,20,25)(H,23,24)/t8-,9-/m1/s1. The number of urea groups is 1. The van der Waals surface area contributed by atoms with Crippen molar-refractivity contribution in [1.29, 1.82) is 0 Å². The van der Waals surface area contributed by atoms with Gasteiger partial charge in [-0.3, -0.25) is 9.59 Å². The molecule has 1 aromatic heterocycles. The molecule has 3 amide bonds. The molecule has 12 heteroatoms. The number of likely N-dealkylation sites (tertiary alicyclic amines) is 1. The van der Waals surface area contributed by atoms with Gasteiger partial charge in [0.2, 0.25) is 5.88 Å². The minimum Gasteiger partial charge on any atom is -0.481 e. The summed E-state index contributed by atoms with van der Waals surface area (Å²) in [6.07, 6.45) is -3.63. The molecular weight excluding hydrogens is 361 g/mol. The Morgan fingerprint density at radius 3 is 2.50 bits per heavy atom. The molecule has 2 atom stereocenters. The van der Waals surface area contributed by atoms with E-state index in [0.717, 1.165) is 17.2 Å². The van der Waals surface area contributed by atoms with Crippen LogP contribution in [0.5, 0.6) is 5.88 Å². The van der Waals surface area contributed by atoms with Crippen LogP contribution in [0.2, 0.25) is 0 Å². The van der Waals surface area contributed by atoms with Crippen LogP contribution in [0.25, 0.3) is 0 Å². The molecule has 1 saturated heterocycles. The first-order valence-electron chi connectivity index (χ1n) is 7.24. The zero-order chi connectivity index (χ0) is 19.6. The molecule has 4 N–H and O–H groups in total. The summed E-state index contributed by atoms with van der Waals surface area (Å²) in [6.45, 7) is -1.39. The number of primary amides is 1. The summed E-state index contributed by atoms with van der Waals surface area (Å²) in [4.78, 5) is 39.1. The number of carbonyl (C=O) groups excluding carboxylic acids is 2. The summed E-state index contributed by atoms with van der Waals surface area (Å²) in [5.74, 6) is -6.52. The van der Waals surface area contributed by atoms with Crippen molar-refractivity contribution in [2.24, 2.45) is 17.6 Å². The van der Waals surface area contributed by atoms with Gasteiger partial charge in [-0.15, -0.1) is 0 Å². The fourth-order valence-corrected chi connectivity index (χ4v) is 2.61. The first kappa shape index (κ1) is 19.3. The molecule has 0 aromatic carbocycles. The second kappa shape index (κ2) is 7.06. The first-order chi connectivity index (χ1) is 12.0. The lowest BCUT2D eigenvalue weighted by atomic mass is 9.96. The van der Waals surface area contributed by atoms with Gasteiger partial charge in [-0.25, -0.2) is 9.78 Å². The molecule has 0 spiro atoms. The van der Waals surface area contributed by atoms with E-state index in [9.17, 15) is 27.6 Å². The molecule has 2 rings (SSSR count). The van der Waals surface area contributed by atoms with Crippen LogP contribution in [0.3, 0.4) is 0 Å². The Labute approximate surface area is 144 Å². The molecule has 0 unspecified atom stereocenters. The number of carboxylic acid groups (broad SMARTS) is 1. The van der Waals surface area contributed by atoms with E-state index in [4.69, 9.17) is 15.6 Å². The molecule has 0 radical (unpaired) electrons. The van der Waals surface area contributed by atoms with Crippen LogP contribution in [0.4, 0.5) is 23.7 Å². The fourth-order valence-electron chi connectivity index (χ4n) is 2.61. The van der Waals surface area contributed by atoms with E-state index in [2.05, 4.69) is 10.3 Å². The molecule has 0 bridgehead atoms. The van der Waals surface area contributed by atoms with Gasteiger partial charge in [-0.1, -0.05) is 0 Å². The van der Waals surface area contributed by atoms with Gasteiger partial charge in [0, 0.05) is 13.1 Å². The van der Waals surface area contributed by atoms with E-state index >= 15 is 0 Å². The lowest BCUT2D eigenvalue weighted by Crippen LogP contribution is -2.35. The van der Waals surface area contributed by atoms with Crippen molar-refractivity contribution in [2.75, 3.05) is 25.5 Å². The van der Waals surface area contributed by atoms with Gasteiger partial charge in [-0.05, 0) is 6.07 Å². The minimum atomic E-state index is -4.75. The maximum Gasteiger partial charge on any atom is 0.394 e. The molecule has 1 aliphatic rings. The van der Waals surface area contributed by atoms with Crippen molar-refractivity contribution in [3.8, 4) is 5.88 Å². The zero-order valence-corrected chi connectivity index (χ0v) is 13.4. The van der Waals surface area contributed by atoms with E-state index in [1.165, 1.54) is 7.11 Å². The Morgan fingerprint density at radius 2 is 2.04 bits per heavy atom. The van der Waals surface area contributed by atoms with Crippen LogP contribution in [-0.4, -0.2) is 59.3 Å². The molecule has 0 saturated carbocycles. The van der Waals surface area contributed by atoms with E-state index < -0.39 is 49.0 Å². The van der Waals surface area contributed by atoms with Crippen LogP contribution in [0.1, 0.15) is 10.4 Å². The number of rotatable bonds is 4. The molecule has 142 valence electrons. The maximum atomic E-state index is 13.0. The molecule has 1 fully saturated rings. The zero-order valence-electron chi connectivity index (χ0n) is 13.4. The quantitative estimate of drug-likeness (QED) is 0.715. The number of nitrogens with two attached hydrogens (primary N) is 1. The van der Waals surface area contributed by atoms with Gasteiger partial charge in [0.05, 0.1) is 30.8 Å². The number of anilines is 1. The number of amides is 3. The predicted molar refractivity (Wildman–Crippen MR) is 80.6 cm³/mol. The lowest BCUT2D eigenvalue weighted by Gasteiger charge is -2.19. The van der Waals surface area contributed by atoms with Gasteiger partial charge in [-0.2, -0.15) is 13.2 Å². The molecule has 0 aliphatic carbocycles. The van der Waals surface area contributed by atoms with Crippen molar-refractivity contribution in [3.63, 3.8) is 0 Å². The summed E-state index contributed by atoms with van der Waals surface area (Å²) in [5, 5.41) is 11.2. The number of hydrogen-bond donors (Lipinski definition) is 3. The van der Waals surface area contributed by atoms with E-state index in [0.29, 0.717) is 0 Å². The summed E-state index contributed by atoms with van der Waals surface area (Å²) in [5.41, 5.74) is 5.01. The van der Waals surface area contributed by atoms with Crippen LogP contribution in [0.15, 0.2) is 12.3 Å². The van der Waals surface area contributed by atoms with Gasteiger partial charge in [0.1, 0.15) is 5.56 Å². The van der Waals surface area contributed by atoms with Crippen LogP contribution >= 0.6 is 0 Å². The number of pyridine rings is 1. The number of methoxy groups -OCH3 is 1. The number of ether oxygens (including phenoxy) is 1. The van der Waals surface area contributed by atoms with Crippen molar-refractivity contribution in [1.82, 2.24) is 9.88 Å². The summed E-state index contributed by atoms with van der Waals surface area (Å²) >= 11 is 0. The third-order valence-electron chi connectivity index (χ3n) is 3.91. The topological polar surface area (TPSA) is 135 Å². The lowest BCUT2D eigenvalue weighted by molar-refractivity contribution is -0.187. The van der Waals surface area contributed by atoms with Crippen molar-refractivity contribution in [2.45, 2.75) is 6.18 Å². The number of alkyl halides is 3. The Balaban J connectivity index is 2.17. The molecular formula is C14H15F3N4O5. The molecule has 1 aliphatic heterocycles. The molecule has 2 heterocycles. The number of carbonyl (C=O) groups is 3. The monoisotopic (exact) mass is 376 g/mol. The van der Waals surface area contributed by atoms with Crippen LogP contribution in [0, 0.1) is 11.8 Å². The Hall–Kier alpha value is -3.05. The van der Waals surface area contributed by atoms with Crippen molar-refractivity contribution < 1.29 is 37.4 Å². The Morgan fingerprint density at radius 1 is 1.38 bits per heavy atom.